The summed E-state index contributed by atoms with van der Waals surface area (Å²) in [4.78, 5) is 4.80. The van der Waals surface area contributed by atoms with Gasteiger partial charge < -0.3 is 18.8 Å². The van der Waals surface area contributed by atoms with Gasteiger partial charge in [-0.1, -0.05) is 143 Å². The van der Waals surface area contributed by atoms with Crippen molar-refractivity contribution < 1.29 is 4.42 Å². The lowest BCUT2D eigenvalue weighted by Gasteiger charge is -2.37. The van der Waals surface area contributed by atoms with Crippen LogP contribution in [0.25, 0.3) is 49.4 Å². The van der Waals surface area contributed by atoms with E-state index in [9.17, 15) is 0 Å². The van der Waals surface area contributed by atoms with Gasteiger partial charge in [0.25, 0.3) is 0 Å². The van der Waals surface area contributed by atoms with Crippen molar-refractivity contribution >= 4 is 89.5 Å². The summed E-state index contributed by atoms with van der Waals surface area (Å²) in [5, 5.41) is 5.30. The number of para-hydroxylation sites is 1. The number of aromatic nitrogens is 1. The predicted octanol–water partition coefficient (Wildman–Crippen LogP) is 18.1. The molecule has 0 saturated heterocycles. The summed E-state index contributed by atoms with van der Waals surface area (Å²) in [6.45, 7) is 29.7. The van der Waals surface area contributed by atoms with E-state index in [2.05, 4.69) is 220 Å². The number of fused-ring (bicyclic) bond motifs is 8. The monoisotopic (exact) mass is 861 g/mol. The normalized spacial score (nSPS) is 13.4. The van der Waals surface area contributed by atoms with Crippen LogP contribution in [0.15, 0.2) is 132 Å². The number of aryl methyl sites for hydroxylation is 1. The summed E-state index contributed by atoms with van der Waals surface area (Å²) < 4.78 is 9.04. The molecular formula is C59H60ClN3O. The fraction of sp³-hybridized carbons (Fsp3) is 0.288. The van der Waals surface area contributed by atoms with Crippen LogP contribution in [-0.4, -0.2) is 4.57 Å². The largest absolute Gasteiger partial charge is 0.456 e. The minimum Gasteiger partial charge on any atom is -0.456 e. The molecule has 0 N–H and O–H groups in total. The highest BCUT2D eigenvalue weighted by Crippen LogP contribution is 2.56. The Morgan fingerprint density at radius 3 is 1.75 bits per heavy atom. The minimum atomic E-state index is -0.119. The zero-order valence-corrected chi connectivity index (χ0v) is 40.5. The van der Waals surface area contributed by atoms with Crippen molar-refractivity contribution in [1.29, 1.82) is 0 Å². The van der Waals surface area contributed by atoms with Crippen LogP contribution in [0.5, 0.6) is 0 Å². The van der Waals surface area contributed by atoms with E-state index in [-0.39, 0.29) is 21.7 Å². The summed E-state index contributed by atoms with van der Waals surface area (Å²) >= 11 is 8.15. The number of hydrogen-bond donors (Lipinski definition) is 0. The summed E-state index contributed by atoms with van der Waals surface area (Å²) in [6, 6.07) is 47.2. The first-order valence-corrected chi connectivity index (χ1v) is 23.2. The molecule has 0 fully saturated rings. The van der Waals surface area contributed by atoms with Crippen LogP contribution >= 0.6 is 11.6 Å². The Morgan fingerprint density at radius 1 is 0.469 bits per heavy atom. The summed E-state index contributed by atoms with van der Waals surface area (Å²) in [5.41, 5.74) is 17.4. The Balaban J connectivity index is 1.31. The molecular weight excluding hydrogens is 802 g/mol. The molecule has 7 aromatic carbocycles. The van der Waals surface area contributed by atoms with Crippen molar-refractivity contribution in [2.45, 2.75) is 112 Å². The number of hydrogen-bond acceptors (Lipinski definition) is 3. The van der Waals surface area contributed by atoms with Gasteiger partial charge in [-0.15, -0.1) is 0 Å². The van der Waals surface area contributed by atoms with Crippen LogP contribution < -0.4 is 9.80 Å². The first kappa shape index (κ1) is 42.0. The number of benzene rings is 7. The summed E-state index contributed by atoms with van der Waals surface area (Å²) in [7, 11) is 0. The third-order valence-electron chi connectivity index (χ3n) is 13.4. The molecule has 0 atom stereocenters. The lowest BCUT2D eigenvalue weighted by molar-refractivity contribution is 0.589. The average Bonchev–Trinajstić information content (AvgIpc) is 3.78. The van der Waals surface area contributed by atoms with Gasteiger partial charge in [0.1, 0.15) is 11.2 Å². The van der Waals surface area contributed by atoms with Crippen molar-refractivity contribution in [2.24, 2.45) is 0 Å². The van der Waals surface area contributed by atoms with Gasteiger partial charge in [-0.25, -0.2) is 0 Å². The molecule has 0 amide bonds. The Kier molecular flexibility index (Phi) is 9.36. The van der Waals surface area contributed by atoms with E-state index in [4.69, 9.17) is 16.0 Å². The van der Waals surface area contributed by atoms with Gasteiger partial charge in [0.2, 0.25) is 0 Å². The van der Waals surface area contributed by atoms with E-state index in [0.29, 0.717) is 5.02 Å². The summed E-state index contributed by atoms with van der Waals surface area (Å²) in [6.07, 6.45) is 0. The van der Waals surface area contributed by atoms with Crippen LogP contribution in [0, 0.1) is 6.92 Å². The summed E-state index contributed by atoms with van der Waals surface area (Å²) in [5.74, 6) is 0. The van der Waals surface area contributed by atoms with Crippen LogP contribution in [0.4, 0.5) is 34.1 Å². The maximum absolute atomic E-state index is 8.15. The molecule has 2 aromatic heterocycles. The van der Waals surface area contributed by atoms with Crippen molar-refractivity contribution in [2.75, 3.05) is 9.80 Å². The lowest BCUT2D eigenvalue weighted by Crippen LogP contribution is -2.22. The number of anilines is 6. The first-order chi connectivity index (χ1) is 30.1. The maximum atomic E-state index is 8.15. The van der Waals surface area contributed by atoms with E-state index in [1.54, 1.807) is 0 Å². The predicted molar refractivity (Wildman–Crippen MR) is 276 cm³/mol. The van der Waals surface area contributed by atoms with Gasteiger partial charge in [0.05, 0.1) is 55.6 Å². The Bertz CT molecular complexity index is 3340. The van der Waals surface area contributed by atoms with Crippen LogP contribution in [0.3, 0.4) is 0 Å². The zero-order chi connectivity index (χ0) is 45.4. The fourth-order valence-corrected chi connectivity index (χ4v) is 9.99. The maximum Gasteiger partial charge on any atom is 0.137 e. The second-order valence-electron chi connectivity index (χ2n) is 22.2. The molecule has 1 aliphatic heterocycles. The standard InChI is InChI=1S/C59H60ClN3O/c1-35-29-48(61(40-25-21-36(22-26-40)56(2,3)4)46-18-16-20-52-53(46)41-17-14-15-19-51(41)64-52)54(60)49(30-35)62-45-28-24-38(58(8,9)10)33-47(45)63-44-27-23-37(57(5,6)7)31-42(44)43-32-39(59(11,12)13)34-50(62)55(43)63/h14-34H,1-13H3. The van der Waals surface area contributed by atoms with Crippen LogP contribution in [-0.2, 0) is 21.7 Å². The van der Waals surface area contributed by atoms with Crippen molar-refractivity contribution in [1.82, 2.24) is 4.57 Å². The van der Waals surface area contributed by atoms with E-state index in [1.807, 2.05) is 12.1 Å². The molecule has 0 saturated carbocycles. The Labute approximate surface area is 384 Å². The number of furan rings is 1. The fourth-order valence-electron chi connectivity index (χ4n) is 9.71. The highest BCUT2D eigenvalue weighted by Gasteiger charge is 2.35. The van der Waals surface area contributed by atoms with Gasteiger partial charge in [-0.3, -0.25) is 0 Å². The molecule has 0 radical (unpaired) electrons. The molecule has 10 rings (SSSR count). The van der Waals surface area contributed by atoms with Crippen molar-refractivity contribution in [3.63, 3.8) is 0 Å². The smallest absolute Gasteiger partial charge is 0.137 e. The molecule has 1 aliphatic rings. The third kappa shape index (κ3) is 6.71. The molecule has 0 unspecified atom stereocenters. The molecule has 4 nitrogen and oxygen atoms in total. The second kappa shape index (κ2) is 14.3. The van der Waals surface area contributed by atoms with Crippen LogP contribution in [0.2, 0.25) is 5.02 Å². The molecule has 324 valence electrons. The van der Waals surface area contributed by atoms with Crippen LogP contribution in [0.1, 0.15) is 111 Å². The Hall–Kier alpha value is -5.97. The van der Waals surface area contributed by atoms with Gasteiger partial charge in [-0.05, 0) is 135 Å². The average molecular weight is 863 g/mol. The lowest BCUT2D eigenvalue weighted by atomic mass is 9.84. The third-order valence-corrected chi connectivity index (χ3v) is 13.8. The molecule has 64 heavy (non-hydrogen) atoms. The van der Waals surface area contributed by atoms with Crippen molar-refractivity contribution in [3.8, 4) is 5.69 Å². The highest BCUT2D eigenvalue weighted by molar-refractivity contribution is 6.37. The molecule has 0 aliphatic carbocycles. The van der Waals surface area contributed by atoms with Crippen molar-refractivity contribution in [3.05, 3.63) is 160 Å². The number of nitrogens with zero attached hydrogens (tertiary/aromatic N) is 3. The topological polar surface area (TPSA) is 24.6 Å². The highest BCUT2D eigenvalue weighted by atomic mass is 35.5. The Morgan fingerprint density at radius 2 is 1.06 bits per heavy atom. The van der Waals surface area contributed by atoms with E-state index in [0.717, 1.165) is 67.3 Å². The molecule has 5 heteroatoms. The van der Waals surface area contributed by atoms with Gasteiger partial charge in [0, 0.05) is 21.8 Å². The zero-order valence-electron chi connectivity index (χ0n) is 39.8. The first-order valence-electron chi connectivity index (χ1n) is 22.8. The number of halogens is 1. The van der Waals surface area contributed by atoms with E-state index >= 15 is 0 Å². The number of rotatable bonds is 4. The quantitative estimate of drug-likeness (QED) is 0.176. The molecule has 0 spiro atoms. The second-order valence-corrected chi connectivity index (χ2v) is 22.6. The van der Waals surface area contributed by atoms with E-state index in [1.165, 1.54) is 44.1 Å². The van der Waals surface area contributed by atoms with Gasteiger partial charge in [0.15, 0.2) is 0 Å². The molecule has 3 heterocycles. The van der Waals surface area contributed by atoms with Gasteiger partial charge >= 0.3 is 0 Å². The molecule has 9 aromatic rings. The van der Waals surface area contributed by atoms with Gasteiger partial charge in [-0.2, -0.15) is 0 Å². The molecule has 0 bridgehead atoms. The SMILES string of the molecule is Cc1cc(N(c2ccc(C(C)(C)C)cc2)c2cccc3oc4ccccc4c23)c(Cl)c(N2c3ccc(C(C)(C)C)cc3-n3c4ccc(C(C)(C)C)cc4c4cc(C(C)(C)C)cc2c43)c1. The minimum absolute atomic E-state index is 0.00347. The van der Waals surface area contributed by atoms with E-state index < -0.39 is 0 Å².